The number of amides is 1. The molecule has 0 unspecified atom stereocenters. The fourth-order valence-corrected chi connectivity index (χ4v) is 3.05. The Morgan fingerprint density at radius 2 is 2.12 bits per heavy atom. The Morgan fingerprint density at radius 1 is 1.31 bits per heavy atom. The molecule has 138 valence electrons. The second-order valence-corrected chi connectivity index (χ2v) is 6.69. The highest BCUT2D eigenvalue weighted by molar-refractivity contribution is 7.08. The fraction of sp³-hybridized carbons (Fsp3) is 0.316. The van der Waals surface area contributed by atoms with Gasteiger partial charge in [-0.3, -0.25) is 9.59 Å². The third kappa shape index (κ3) is 6.33. The highest BCUT2D eigenvalue weighted by Gasteiger charge is 2.13. The minimum absolute atomic E-state index is 0.143. The number of thiophene rings is 1. The predicted octanol–water partition coefficient (Wildman–Crippen LogP) is 3.04. The maximum atomic E-state index is 12.1. The van der Waals surface area contributed by atoms with Gasteiger partial charge in [0, 0.05) is 11.4 Å². The summed E-state index contributed by atoms with van der Waals surface area (Å²) in [4.78, 5) is 23.8. The fourth-order valence-electron chi connectivity index (χ4n) is 2.39. The SMILES string of the molecule is CC(=N)/C(NC(=O)COC(=O)Cc1ccsc1)=C(/C)NC1=CCCC=C1. The molecule has 3 N–H and O–H groups in total. The zero-order chi connectivity index (χ0) is 18.9. The molecule has 1 amide bonds. The molecule has 0 saturated heterocycles. The average Bonchev–Trinajstić information content (AvgIpc) is 3.11. The van der Waals surface area contributed by atoms with Crippen LogP contribution in [0.2, 0.25) is 0 Å². The number of esters is 1. The lowest BCUT2D eigenvalue weighted by atomic mass is 10.1. The van der Waals surface area contributed by atoms with E-state index < -0.39 is 11.9 Å². The molecule has 0 atom stereocenters. The molecule has 26 heavy (non-hydrogen) atoms. The van der Waals surface area contributed by atoms with Crippen molar-refractivity contribution in [2.24, 2.45) is 0 Å². The van der Waals surface area contributed by atoms with Gasteiger partial charge in [-0.15, -0.1) is 0 Å². The normalized spacial score (nSPS) is 14.2. The van der Waals surface area contributed by atoms with Gasteiger partial charge in [-0.2, -0.15) is 11.3 Å². The van der Waals surface area contributed by atoms with Gasteiger partial charge in [0.15, 0.2) is 6.61 Å². The van der Waals surface area contributed by atoms with E-state index in [4.69, 9.17) is 10.1 Å². The van der Waals surface area contributed by atoms with Gasteiger partial charge < -0.3 is 20.8 Å². The number of ether oxygens (including phenoxy) is 1. The van der Waals surface area contributed by atoms with Crippen LogP contribution in [0.5, 0.6) is 0 Å². The number of allylic oxidation sites excluding steroid dienone is 5. The summed E-state index contributed by atoms with van der Waals surface area (Å²) in [5.74, 6) is -0.928. The van der Waals surface area contributed by atoms with E-state index >= 15 is 0 Å². The van der Waals surface area contributed by atoms with Gasteiger partial charge in [0.2, 0.25) is 0 Å². The van der Waals surface area contributed by atoms with E-state index in [1.807, 2.05) is 22.9 Å². The highest BCUT2D eigenvalue weighted by Crippen LogP contribution is 2.10. The van der Waals surface area contributed by atoms with Crippen LogP contribution >= 0.6 is 11.3 Å². The molecule has 1 aromatic rings. The monoisotopic (exact) mass is 373 g/mol. The van der Waals surface area contributed by atoms with E-state index in [0.717, 1.165) is 24.1 Å². The lowest BCUT2D eigenvalue weighted by molar-refractivity contribution is -0.147. The number of hydrogen-bond acceptors (Lipinski definition) is 6. The summed E-state index contributed by atoms with van der Waals surface area (Å²) in [6.45, 7) is 3.00. The van der Waals surface area contributed by atoms with Crippen molar-refractivity contribution in [3.63, 3.8) is 0 Å². The maximum absolute atomic E-state index is 12.1. The maximum Gasteiger partial charge on any atom is 0.310 e. The van der Waals surface area contributed by atoms with Crippen molar-refractivity contribution < 1.29 is 14.3 Å². The molecule has 2 rings (SSSR count). The summed E-state index contributed by atoms with van der Waals surface area (Å²) in [5, 5.41) is 17.5. The summed E-state index contributed by atoms with van der Waals surface area (Å²) in [6, 6.07) is 1.84. The van der Waals surface area contributed by atoms with Gasteiger partial charge in [0.1, 0.15) is 0 Å². The van der Waals surface area contributed by atoms with Crippen LogP contribution in [0.3, 0.4) is 0 Å². The van der Waals surface area contributed by atoms with E-state index in [9.17, 15) is 9.59 Å². The van der Waals surface area contributed by atoms with Crippen LogP contribution in [-0.2, 0) is 20.7 Å². The number of carbonyl (C=O) groups is 2. The van der Waals surface area contributed by atoms with E-state index in [-0.39, 0.29) is 18.7 Å². The zero-order valence-electron chi connectivity index (χ0n) is 14.9. The van der Waals surface area contributed by atoms with Crippen LogP contribution in [0.1, 0.15) is 32.3 Å². The Kier molecular flexibility index (Phi) is 7.35. The third-order valence-corrected chi connectivity index (χ3v) is 4.37. The zero-order valence-corrected chi connectivity index (χ0v) is 15.7. The van der Waals surface area contributed by atoms with E-state index in [1.54, 1.807) is 13.8 Å². The second-order valence-electron chi connectivity index (χ2n) is 5.91. The molecule has 0 spiro atoms. The van der Waals surface area contributed by atoms with Crippen molar-refractivity contribution in [3.8, 4) is 0 Å². The Morgan fingerprint density at radius 3 is 2.73 bits per heavy atom. The van der Waals surface area contributed by atoms with Gasteiger partial charge in [-0.05, 0) is 55.2 Å². The van der Waals surface area contributed by atoms with Crippen LogP contribution < -0.4 is 10.6 Å². The molecule has 1 aliphatic carbocycles. The van der Waals surface area contributed by atoms with Crippen LogP contribution in [0.25, 0.3) is 0 Å². The molecule has 0 aromatic carbocycles. The topological polar surface area (TPSA) is 91.3 Å². The van der Waals surface area contributed by atoms with Gasteiger partial charge >= 0.3 is 5.97 Å². The number of nitrogens with one attached hydrogen (secondary N) is 3. The van der Waals surface area contributed by atoms with Gasteiger partial charge in [-0.1, -0.05) is 12.2 Å². The summed E-state index contributed by atoms with van der Waals surface area (Å²) in [5.41, 5.74) is 3.06. The minimum atomic E-state index is -0.473. The lowest BCUT2D eigenvalue weighted by Crippen LogP contribution is -2.33. The van der Waals surface area contributed by atoms with Crippen molar-refractivity contribution in [2.75, 3.05) is 6.61 Å². The summed E-state index contributed by atoms with van der Waals surface area (Å²) in [6.07, 6.45) is 8.21. The van der Waals surface area contributed by atoms with Crippen LogP contribution in [0, 0.1) is 5.41 Å². The number of hydrogen-bond donors (Lipinski definition) is 3. The summed E-state index contributed by atoms with van der Waals surface area (Å²) >= 11 is 1.50. The summed E-state index contributed by atoms with van der Waals surface area (Å²) in [7, 11) is 0. The van der Waals surface area contributed by atoms with Gasteiger partial charge in [-0.25, -0.2) is 0 Å². The molecule has 0 saturated carbocycles. The Bertz CT molecular complexity index is 761. The van der Waals surface area contributed by atoms with Gasteiger partial charge in [0.25, 0.3) is 5.91 Å². The van der Waals surface area contributed by atoms with Gasteiger partial charge in [0.05, 0.1) is 17.8 Å². The average molecular weight is 373 g/mol. The van der Waals surface area contributed by atoms with Crippen molar-refractivity contribution in [2.45, 2.75) is 33.1 Å². The largest absolute Gasteiger partial charge is 0.455 e. The smallest absolute Gasteiger partial charge is 0.310 e. The Hall–Kier alpha value is -2.67. The first-order chi connectivity index (χ1) is 12.5. The Balaban J connectivity index is 1.89. The Labute approximate surface area is 157 Å². The first-order valence-corrected chi connectivity index (χ1v) is 9.26. The van der Waals surface area contributed by atoms with Crippen molar-refractivity contribution in [1.29, 1.82) is 5.41 Å². The molecule has 1 aliphatic rings. The van der Waals surface area contributed by atoms with E-state index in [0.29, 0.717) is 11.4 Å². The standard InChI is InChI=1S/C19H23N3O3S/c1-13(20)19(14(2)21-16-6-4-3-5-7-16)22-17(23)11-25-18(24)10-15-8-9-26-12-15/h4,6-9,12,20-21H,3,5,10-11H2,1-2H3,(H,22,23)/b19-14+,20-13?. The third-order valence-electron chi connectivity index (χ3n) is 3.63. The molecular formula is C19H23N3O3S. The molecule has 0 fully saturated rings. The summed E-state index contributed by atoms with van der Waals surface area (Å²) < 4.78 is 5.01. The van der Waals surface area contributed by atoms with Crippen LogP contribution in [0.15, 0.2) is 52.1 Å². The number of rotatable bonds is 8. The van der Waals surface area contributed by atoms with Crippen molar-refractivity contribution in [1.82, 2.24) is 10.6 Å². The highest BCUT2D eigenvalue weighted by atomic mass is 32.1. The minimum Gasteiger partial charge on any atom is -0.455 e. The molecule has 1 heterocycles. The number of carbonyl (C=O) groups excluding carboxylic acids is 2. The van der Waals surface area contributed by atoms with E-state index in [1.165, 1.54) is 11.3 Å². The van der Waals surface area contributed by atoms with Crippen LogP contribution in [0.4, 0.5) is 0 Å². The molecule has 1 aromatic heterocycles. The lowest BCUT2D eigenvalue weighted by Gasteiger charge is -2.16. The molecule has 0 aliphatic heterocycles. The van der Waals surface area contributed by atoms with Crippen molar-refractivity contribution >= 4 is 28.9 Å². The molecule has 0 bridgehead atoms. The molecular weight excluding hydrogens is 350 g/mol. The predicted molar refractivity (Wildman–Crippen MR) is 103 cm³/mol. The quantitative estimate of drug-likeness (QED) is 0.482. The van der Waals surface area contributed by atoms with Crippen molar-refractivity contribution in [3.05, 3.63) is 57.7 Å². The first-order valence-electron chi connectivity index (χ1n) is 8.32. The molecule has 6 nitrogen and oxygen atoms in total. The molecule has 7 heteroatoms. The van der Waals surface area contributed by atoms with Crippen LogP contribution in [-0.4, -0.2) is 24.2 Å². The second kappa shape index (κ2) is 9.72. The first kappa shape index (κ1) is 19.7. The molecule has 0 radical (unpaired) electrons. The van der Waals surface area contributed by atoms with E-state index in [2.05, 4.69) is 22.8 Å².